The van der Waals surface area contributed by atoms with Gasteiger partial charge in [0.15, 0.2) is 0 Å². The van der Waals surface area contributed by atoms with E-state index in [0.717, 1.165) is 5.69 Å². The van der Waals surface area contributed by atoms with Crippen LogP contribution in [0.1, 0.15) is 51.8 Å². The number of pyridine rings is 1. The SMILES string of the molecule is CCC1CCC(C)N1C(c1ccccn1)C(C)N. The Morgan fingerprint density at radius 1 is 1.44 bits per heavy atom. The third-order valence-electron chi connectivity index (χ3n) is 4.13. The van der Waals surface area contributed by atoms with Gasteiger partial charge >= 0.3 is 0 Å². The third-order valence-corrected chi connectivity index (χ3v) is 4.13. The molecule has 2 N–H and O–H groups in total. The second-order valence-electron chi connectivity index (χ2n) is 5.49. The molecule has 2 rings (SSSR count). The van der Waals surface area contributed by atoms with E-state index in [2.05, 4.69) is 42.8 Å². The van der Waals surface area contributed by atoms with Gasteiger partial charge in [-0.15, -0.1) is 0 Å². The van der Waals surface area contributed by atoms with Crippen LogP contribution in [0.2, 0.25) is 0 Å². The van der Waals surface area contributed by atoms with Crippen LogP contribution in [0.5, 0.6) is 0 Å². The van der Waals surface area contributed by atoms with Gasteiger partial charge in [0.2, 0.25) is 0 Å². The average Bonchev–Trinajstić information content (AvgIpc) is 2.72. The summed E-state index contributed by atoms with van der Waals surface area (Å²) in [6.07, 6.45) is 5.62. The molecule has 3 nitrogen and oxygen atoms in total. The minimum Gasteiger partial charge on any atom is -0.326 e. The van der Waals surface area contributed by atoms with Crippen LogP contribution in [0, 0.1) is 0 Å². The Morgan fingerprint density at radius 3 is 2.78 bits per heavy atom. The molecule has 1 aromatic rings. The number of nitrogens with two attached hydrogens (primary N) is 1. The zero-order valence-electron chi connectivity index (χ0n) is 11.7. The number of aromatic nitrogens is 1. The second kappa shape index (κ2) is 5.81. The van der Waals surface area contributed by atoms with Crippen molar-refractivity contribution in [3.05, 3.63) is 30.1 Å². The Kier molecular flexibility index (Phi) is 4.36. The largest absolute Gasteiger partial charge is 0.326 e. The fourth-order valence-electron chi connectivity index (χ4n) is 3.25. The van der Waals surface area contributed by atoms with E-state index in [9.17, 15) is 0 Å². The van der Waals surface area contributed by atoms with Crippen molar-refractivity contribution in [1.82, 2.24) is 9.88 Å². The molecule has 18 heavy (non-hydrogen) atoms. The Labute approximate surface area is 110 Å². The quantitative estimate of drug-likeness (QED) is 0.889. The molecule has 100 valence electrons. The molecule has 1 aromatic heterocycles. The number of nitrogens with zero attached hydrogens (tertiary/aromatic N) is 2. The number of hydrogen-bond donors (Lipinski definition) is 1. The lowest BCUT2D eigenvalue weighted by Crippen LogP contribution is -2.45. The highest BCUT2D eigenvalue weighted by atomic mass is 15.3. The highest BCUT2D eigenvalue weighted by Crippen LogP contribution is 2.35. The molecule has 1 aliphatic heterocycles. The summed E-state index contributed by atoms with van der Waals surface area (Å²) in [4.78, 5) is 7.12. The molecular formula is C15H25N3. The van der Waals surface area contributed by atoms with Crippen molar-refractivity contribution in [2.45, 2.75) is 64.2 Å². The predicted molar refractivity (Wildman–Crippen MR) is 75.2 cm³/mol. The van der Waals surface area contributed by atoms with E-state index in [0.29, 0.717) is 12.1 Å². The van der Waals surface area contributed by atoms with Crippen molar-refractivity contribution in [1.29, 1.82) is 0 Å². The monoisotopic (exact) mass is 247 g/mol. The predicted octanol–water partition coefficient (Wildman–Crippen LogP) is 2.73. The maximum Gasteiger partial charge on any atom is 0.0675 e. The maximum atomic E-state index is 6.25. The fraction of sp³-hybridized carbons (Fsp3) is 0.667. The molecule has 1 saturated heterocycles. The highest BCUT2D eigenvalue weighted by molar-refractivity contribution is 5.13. The summed E-state index contributed by atoms with van der Waals surface area (Å²) in [5.74, 6) is 0. The van der Waals surface area contributed by atoms with Gasteiger partial charge in [-0.1, -0.05) is 13.0 Å². The van der Waals surface area contributed by atoms with Gasteiger partial charge < -0.3 is 5.73 Å². The van der Waals surface area contributed by atoms with E-state index >= 15 is 0 Å². The molecule has 0 spiro atoms. The number of hydrogen-bond acceptors (Lipinski definition) is 3. The van der Waals surface area contributed by atoms with Crippen LogP contribution in [0.3, 0.4) is 0 Å². The van der Waals surface area contributed by atoms with Gasteiger partial charge in [-0.3, -0.25) is 9.88 Å². The van der Waals surface area contributed by atoms with E-state index in [1.807, 2.05) is 12.3 Å². The van der Waals surface area contributed by atoms with Crippen molar-refractivity contribution in [3.8, 4) is 0 Å². The standard InChI is InChI=1S/C15H25N3/c1-4-13-9-8-11(2)18(13)15(12(3)16)14-7-5-6-10-17-14/h5-7,10-13,15H,4,8-9,16H2,1-3H3. The van der Waals surface area contributed by atoms with E-state index < -0.39 is 0 Å². The number of rotatable bonds is 4. The Balaban J connectivity index is 2.30. The smallest absolute Gasteiger partial charge is 0.0675 e. The van der Waals surface area contributed by atoms with Crippen LogP contribution in [-0.4, -0.2) is 28.0 Å². The average molecular weight is 247 g/mol. The van der Waals surface area contributed by atoms with Crippen molar-refractivity contribution >= 4 is 0 Å². The summed E-state index contributed by atoms with van der Waals surface area (Å²) in [6.45, 7) is 6.68. The van der Waals surface area contributed by atoms with Crippen molar-refractivity contribution in [2.24, 2.45) is 5.73 Å². The van der Waals surface area contributed by atoms with Crippen LogP contribution < -0.4 is 5.73 Å². The first-order chi connectivity index (χ1) is 8.65. The molecule has 3 heteroatoms. The summed E-state index contributed by atoms with van der Waals surface area (Å²) in [6, 6.07) is 7.73. The van der Waals surface area contributed by atoms with Gasteiger partial charge in [0, 0.05) is 24.3 Å². The molecule has 2 heterocycles. The normalized spacial score (nSPS) is 28.2. The van der Waals surface area contributed by atoms with Crippen LogP contribution in [0.15, 0.2) is 24.4 Å². The fourth-order valence-corrected chi connectivity index (χ4v) is 3.25. The Hall–Kier alpha value is -0.930. The summed E-state index contributed by atoms with van der Waals surface area (Å²) in [5, 5.41) is 0. The summed E-state index contributed by atoms with van der Waals surface area (Å²) < 4.78 is 0. The minimum atomic E-state index is 0.106. The molecule has 4 atom stereocenters. The van der Waals surface area contributed by atoms with Gasteiger partial charge in [0.25, 0.3) is 0 Å². The minimum absolute atomic E-state index is 0.106. The zero-order chi connectivity index (χ0) is 13.1. The highest BCUT2D eigenvalue weighted by Gasteiger charge is 2.37. The van der Waals surface area contributed by atoms with Crippen LogP contribution in [0.4, 0.5) is 0 Å². The topological polar surface area (TPSA) is 42.2 Å². The lowest BCUT2D eigenvalue weighted by Gasteiger charge is -2.37. The Bertz CT molecular complexity index is 363. The van der Waals surface area contributed by atoms with Crippen molar-refractivity contribution < 1.29 is 0 Å². The van der Waals surface area contributed by atoms with Gasteiger partial charge in [0.1, 0.15) is 0 Å². The number of likely N-dealkylation sites (tertiary alicyclic amines) is 1. The first-order valence-corrected chi connectivity index (χ1v) is 7.09. The summed E-state index contributed by atoms with van der Waals surface area (Å²) in [7, 11) is 0. The molecule has 0 bridgehead atoms. The molecule has 0 saturated carbocycles. The molecule has 0 radical (unpaired) electrons. The lowest BCUT2D eigenvalue weighted by atomic mass is 10.0. The first kappa shape index (κ1) is 13.5. The molecule has 1 aliphatic rings. The third kappa shape index (κ3) is 2.57. The van der Waals surface area contributed by atoms with Crippen LogP contribution in [0.25, 0.3) is 0 Å². The molecule has 4 unspecified atom stereocenters. The first-order valence-electron chi connectivity index (χ1n) is 7.09. The van der Waals surface area contributed by atoms with Gasteiger partial charge in [-0.05, 0) is 45.2 Å². The Morgan fingerprint density at radius 2 is 2.22 bits per heavy atom. The molecule has 0 amide bonds. The van der Waals surface area contributed by atoms with E-state index in [-0.39, 0.29) is 12.1 Å². The zero-order valence-corrected chi connectivity index (χ0v) is 11.7. The van der Waals surface area contributed by atoms with Crippen molar-refractivity contribution in [3.63, 3.8) is 0 Å². The van der Waals surface area contributed by atoms with Crippen LogP contribution in [-0.2, 0) is 0 Å². The summed E-state index contributed by atoms with van der Waals surface area (Å²) >= 11 is 0. The van der Waals surface area contributed by atoms with E-state index in [1.54, 1.807) is 0 Å². The van der Waals surface area contributed by atoms with Gasteiger partial charge in [0.05, 0.1) is 11.7 Å². The lowest BCUT2D eigenvalue weighted by molar-refractivity contribution is 0.114. The maximum absolute atomic E-state index is 6.25. The van der Waals surface area contributed by atoms with E-state index in [1.165, 1.54) is 19.3 Å². The van der Waals surface area contributed by atoms with Gasteiger partial charge in [-0.25, -0.2) is 0 Å². The summed E-state index contributed by atoms with van der Waals surface area (Å²) in [5.41, 5.74) is 7.36. The van der Waals surface area contributed by atoms with Crippen LogP contribution >= 0.6 is 0 Å². The van der Waals surface area contributed by atoms with E-state index in [4.69, 9.17) is 5.73 Å². The molecule has 1 fully saturated rings. The molecule has 0 aromatic carbocycles. The van der Waals surface area contributed by atoms with Gasteiger partial charge in [-0.2, -0.15) is 0 Å². The second-order valence-corrected chi connectivity index (χ2v) is 5.49. The molecular weight excluding hydrogens is 222 g/mol. The molecule has 0 aliphatic carbocycles. The van der Waals surface area contributed by atoms with Crippen molar-refractivity contribution in [2.75, 3.05) is 0 Å².